The summed E-state index contributed by atoms with van der Waals surface area (Å²) in [5.74, 6) is -3.46. The van der Waals surface area contributed by atoms with Crippen molar-refractivity contribution in [2.45, 2.75) is 76.8 Å². The third-order valence-corrected chi connectivity index (χ3v) is 9.58. The molecule has 0 aromatic carbocycles. The third-order valence-electron chi connectivity index (χ3n) is 9.58. The molecule has 0 saturated heterocycles. The molecule has 3 saturated carbocycles. The number of nitrogens with two attached hydrogens (primary N) is 1. The van der Waals surface area contributed by atoms with Gasteiger partial charge in [0.1, 0.15) is 12.2 Å². The van der Waals surface area contributed by atoms with Crippen molar-refractivity contribution in [3.8, 4) is 0 Å². The number of alkyl halides is 1. The molecule has 0 spiro atoms. The molecule has 5 N–H and O–H groups in total. The number of allylic oxidation sites excluding steroid dienone is 3. The number of hydrogen-bond donors (Lipinski definition) is 4. The minimum Gasteiger partial charge on any atom is -0.390 e. The van der Waals surface area contributed by atoms with Gasteiger partial charge < -0.3 is 21.1 Å². The van der Waals surface area contributed by atoms with Crippen LogP contribution < -0.4 is 5.73 Å². The highest BCUT2D eigenvalue weighted by Crippen LogP contribution is 2.70. The Morgan fingerprint density at radius 3 is 2.52 bits per heavy atom. The number of halogens is 1. The highest BCUT2D eigenvalue weighted by atomic mass is 19.1. The molecule has 0 aromatic heterocycles. The molecule has 4 rings (SSSR count). The maximum atomic E-state index is 17.4. The Morgan fingerprint density at radius 1 is 1.30 bits per heavy atom. The molecule has 0 unspecified atom stereocenters. The lowest BCUT2D eigenvalue weighted by atomic mass is 9.44. The van der Waals surface area contributed by atoms with Gasteiger partial charge in [-0.1, -0.05) is 25.5 Å². The zero-order valence-corrected chi connectivity index (χ0v) is 19.6. The maximum absolute atomic E-state index is 17.4. The van der Waals surface area contributed by atoms with E-state index in [1.165, 1.54) is 19.1 Å². The zero-order chi connectivity index (χ0) is 24.7. The van der Waals surface area contributed by atoms with Gasteiger partial charge in [-0.25, -0.2) is 4.39 Å². The lowest BCUT2D eigenvalue weighted by Gasteiger charge is -2.62. The van der Waals surface area contributed by atoms with Gasteiger partial charge in [0.05, 0.1) is 17.7 Å². The van der Waals surface area contributed by atoms with Crippen LogP contribution in [0.5, 0.6) is 0 Å². The van der Waals surface area contributed by atoms with Crippen LogP contribution in [0.15, 0.2) is 23.3 Å². The van der Waals surface area contributed by atoms with Crippen LogP contribution in [0.1, 0.15) is 53.4 Å². The van der Waals surface area contributed by atoms with Crippen molar-refractivity contribution >= 4 is 17.3 Å². The normalized spacial score (nSPS) is 47.6. The summed E-state index contributed by atoms with van der Waals surface area (Å²) in [4.78, 5) is 38.0. The van der Waals surface area contributed by atoms with E-state index in [4.69, 9.17) is 5.73 Å². The average Bonchev–Trinajstić information content (AvgIpc) is 2.95. The van der Waals surface area contributed by atoms with E-state index in [0.29, 0.717) is 24.8 Å². The Hall–Kier alpha value is -1.74. The van der Waals surface area contributed by atoms with Crippen LogP contribution in [0, 0.1) is 28.6 Å². The first-order valence-electron chi connectivity index (χ1n) is 11.7. The molecule has 7 nitrogen and oxygen atoms in total. The molecule has 3 fully saturated rings. The first-order valence-corrected chi connectivity index (χ1v) is 11.7. The van der Waals surface area contributed by atoms with Gasteiger partial charge in [0.15, 0.2) is 23.0 Å². The summed E-state index contributed by atoms with van der Waals surface area (Å²) in [6, 6.07) is -0.927. The number of fused-ring (bicyclic) bond motifs is 5. The molecule has 4 aliphatic carbocycles. The summed E-state index contributed by atoms with van der Waals surface area (Å²) in [5, 5.41) is 32.4. The molecule has 0 aromatic rings. The number of ketones is 3. The third kappa shape index (κ3) is 2.78. The van der Waals surface area contributed by atoms with Gasteiger partial charge in [0, 0.05) is 16.7 Å². The van der Waals surface area contributed by atoms with E-state index >= 15 is 4.39 Å². The van der Waals surface area contributed by atoms with Crippen molar-refractivity contribution in [1.82, 2.24) is 0 Å². The highest BCUT2D eigenvalue weighted by Gasteiger charge is 2.75. The van der Waals surface area contributed by atoms with Crippen LogP contribution >= 0.6 is 0 Å². The maximum Gasteiger partial charge on any atom is 0.190 e. The van der Waals surface area contributed by atoms with Crippen LogP contribution in [0.3, 0.4) is 0 Å². The van der Waals surface area contributed by atoms with Gasteiger partial charge in [-0.3, -0.25) is 14.4 Å². The van der Waals surface area contributed by atoms with E-state index in [-0.39, 0.29) is 12.0 Å². The van der Waals surface area contributed by atoms with Crippen LogP contribution in [0.4, 0.5) is 4.39 Å². The SMILES string of the molecule is C[C@H](N)C(=O)C1=C[C@@]2(C)C(=CC1=O)CC[C@H]1[C@@H]3C[C@@H](C)[C@](O)(C(=O)CO)[C@@]3(C)C[C@H](O)[C@@]12F. The summed E-state index contributed by atoms with van der Waals surface area (Å²) in [7, 11) is 0. The largest absolute Gasteiger partial charge is 0.390 e. The summed E-state index contributed by atoms with van der Waals surface area (Å²) in [5.41, 5.74) is -0.530. The van der Waals surface area contributed by atoms with E-state index in [1.54, 1.807) is 20.8 Å². The van der Waals surface area contributed by atoms with Crippen molar-refractivity contribution in [2.75, 3.05) is 6.61 Å². The van der Waals surface area contributed by atoms with Crippen molar-refractivity contribution in [1.29, 1.82) is 0 Å². The molecule has 8 heteroatoms. The van der Waals surface area contributed by atoms with Gasteiger partial charge in [-0.15, -0.1) is 0 Å². The lowest BCUT2D eigenvalue weighted by Crippen LogP contribution is -2.69. The molecular weight excluding hydrogens is 429 g/mol. The second kappa shape index (κ2) is 7.38. The Kier molecular flexibility index (Phi) is 5.45. The molecule has 0 radical (unpaired) electrons. The van der Waals surface area contributed by atoms with Crippen LogP contribution in [-0.4, -0.2) is 62.7 Å². The quantitative estimate of drug-likeness (QED) is 0.459. The number of rotatable bonds is 4. The molecule has 0 heterocycles. The van der Waals surface area contributed by atoms with Crippen molar-refractivity contribution < 1.29 is 34.1 Å². The number of aliphatic hydroxyl groups is 3. The first kappa shape index (κ1) is 24.4. The van der Waals surface area contributed by atoms with Crippen LogP contribution in [-0.2, 0) is 14.4 Å². The fraction of sp³-hybridized carbons (Fsp3) is 0.720. The number of carbonyl (C=O) groups excluding carboxylic acids is 3. The van der Waals surface area contributed by atoms with Gasteiger partial charge in [0.2, 0.25) is 0 Å². The van der Waals surface area contributed by atoms with E-state index < -0.39 is 76.0 Å². The minimum atomic E-state index is -2.21. The van der Waals surface area contributed by atoms with Crippen LogP contribution in [0.2, 0.25) is 0 Å². The molecule has 182 valence electrons. The predicted octanol–water partition coefficient (Wildman–Crippen LogP) is 1.18. The second-order valence-electron chi connectivity index (χ2n) is 11.1. The highest BCUT2D eigenvalue weighted by molar-refractivity contribution is 6.26. The van der Waals surface area contributed by atoms with E-state index in [0.717, 1.165) is 0 Å². The van der Waals surface area contributed by atoms with Gasteiger partial charge in [0.25, 0.3) is 0 Å². The fourth-order valence-corrected chi connectivity index (χ4v) is 7.79. The molecule has 0 bridgehead atoms. The standard InChI is InChI=1S/C25H34FNO6/c1-12-7-17-16-6-5-14-8-18(29)15(21(32)13(2)27)9-22(14,3)24(16,26)19(30)10-23(17,4)25(12,33)20(31)11-28/h8-9,12-13,16-17,19,28,30,33H,5-7,10-11,27H2,1-4H3/t12-,13+,16+,17+,19+,22+,23+,24+,25+/m1/s1. The van der Waals surface area contributed by atoms with Crippen molar-refractivity contribution in [2.24, 2.45) is 34.3 Å². The molecule has 33 heavy (non-hydrogen) atoms. The van der Waals surface area contributed by atoms with Gasteiger partial charge in [-0.05, 0) is 57.4 Å². The average molecular weight is 464 g/mol. The molecule has 9 atom stereocenters. The first-order chi connectivity index (χ1) is 15.2. The monoisotopic (exact) mass is 463 g/mol. The molecule has 4 aliphatic rings. The Balaban J connectivity index is 1.85. The Morgan fingerprint density at radius 2 is 1.94 bits per heavy atom. The number of carbonyl (C=O) groups is 3. The van der Waals surface area contributed by atoms with E-state index in [9.17, 15) is 29.7 Å². The Labute approximate surface area is 192 Å². The van der Waals surface area contributed by atoms with E-state index in [1.807, 2.05) is 0 Å². The predicted molar refractivity (Wildman–Crippen MR) is 118 cm³/mol. The lowest BCUT2D eigenvalue weighted by molar-refractivity contribution is -0.219. The molecule has 0 aliphatic heterocycles. The zero-order valence-electron chi connectivity index (χ0n) is 19.6. The topological polar surface area (TPSA) is 138 Å². The van der Waals surface area contributed by atoms with Crippen molar-refractivity contribution in [3.63, 3.8) is 0 Å². The van der Waals surface area contributed by atoms with Gasteiger partial charge >= 0.3 is 0 Å². The number of hydrogen-bond acceptors (Lipinski definition) is 7. The van der Waals surface area contributed by atoms with Crippen LogP contribution in [0.25, 0.3) is 0 Å². The number of Topliss-reactive ketones (excluding diaryl/α,β-unsaturated/α-hetero) is 2. The smallest absolute Gasteiger partial charge is 0.190 e. The number of aliphatic hydroxyl groups excluding tert-OH is 2. The summed E-state index contributed by atoms with van der Waals surface area (Å²) in [6.45, 7) is 5.67. The summed E-state index contributed by atoms with van der Waals surface area (Å²) >= 11 is 0. The Bertz CT molecular complexity index is 989. The molecule has 0 amide bonds. The summed E-state index contributed by atoms with van der Waals surface area (Å²) in [6.07, 6.45) is 2.03. The minimum absolute atomic E-state index is 0.166. The van der Waals surface area contributed by atoms with Crippen molar-refractivity contribution in [3.05, 3.63) is 23.3 Å². The summed E-state index contributed by atoms with van der Waals surface area (Å²) < 4.78 is 17.4. The fourth-order valence-electron chi connectivity index (χ4n) is 7.79. The second-order valence-corrected chi connectivity index (χ2v) is 11.1. The van der Waals surface area contributed by atoms with Gasteiger partial charge in [-0.2, -0.15) is 0 Å². The molecular formula is C25H34FNO6. The van der Waals surface area contributed by atoms with E-state index in [2.05, 4.69) is 0 Å².